The van der Waals surface area contributed by atoms with E-state index in [1.165, 1.54) is 5.69 Å². The van der Waals surface area contributed by atoms with Gasteiger partial charge in [-0.1, -0.05) is 20.8 Å². The third-order valence-corrected chi connectivity index (χ3v) is 2.34. The van der Waals surface area contributed by atoms with Gasteiger partial charge in [0.25, 0.3) is 0 Å². The molecule has 1 rings (SSSR count). The van der Waals surface area contributed by atoms with Gasteiger partial charge in [0.05, 0.1) is 6.33 Å². The Labute approximate surface area is 92.9 Å². The molecule has 1 heterocycles. The molecule has 0 aliphatic carbocycles. The van der Waals surface area contributed by atoms with Gasteiger partial charge in [0.2, 0.25) is 0 Å². The lowest BCUT2D eigenvalue weighted by molar-refractivity contribution is 0.396. The van der Waals surface area contributed by atoms with E-state index in [2.05, 4.69) is 35.6 Å². The Balaban J connectivity index is 2.53. The van der Waals surface area contributed by atoms with Crippen molar-refractivity contribution in [3.63, 3.8) is 0 Å². The van der Waals surface area contributed by atoms with Crippen molar-refractivity contribution in [3.8, 4) is 0 Å². The fourth-order valence-corrected chi connectivity index (χ4v) is 1.67. The molecular weight excluding hydrogens is 186 g/mol. The van der Waals surface area contributed by atoms with E-state index in [9.17, 15) is 0 Å². The maximum absolute atomic E-state index is 4.23. The van der Waals surface area contributed by atoms with Gasteiger partial charge in [0, 0.05) is 18.4 Å². The van der Waals surface area contributed by atoms with Crippen molar-refractivity contribution in [2.75, 3.05) is 13.6 Å². The zero-order valence-corrected chi connectivity index (χ0v) is 10.4. The molecule has 15 heavy (non-hydrogen) atoms. The first-order valence-electron chi connectivity index (χ1n) is 5.66. The molecule has 0 unspecified atom stereocenters. The second-order valence-electron chi connectivity index (χ2n) is 5.27. The summed E-state index contributed by atoms with van der Waals surface area (Å²) >= 11 is 0. The maximum Gasteiger partial charge on any atom is 0.0948 e. The van der Waals surface area contributed by atoms with E-state index in [1.807, 2.05) is 19.6 Å². The summed E-state index contributed by atoms with van der Waals surface area (Å²) in [6.45, 7) is 8.91. The van der Waals surface area contributed by atoms with Gasteiger partial charge in [0.15, 0.2) is 0 Å². The van der Waals surface area contributed by atoms with Gasteiger partial charge in [-0.05, 0) is 31.8 Å². The van der Waals surface area contributed by atoms with Crippen LogP contribution < -0.4 is 5.32 Å². The zero-order chi connectivity index (χ0) is 11.3. The molecule has 0 atom stereocenters. The van der Waals surface area contributed by atoms with Crippen molar-refractivity contribution >= 4 is 0 Å². The number of imidazole rings is 1. The van der Waals surface area contributed by atoms with E-state index in [1.54, 1.807) is 0 Å². The average molecular weight is 209 g/mol. The second-order valence-corrected chi connectivity index (χ2v) is 5.27. The number of aromatic nitrogens is 2. The summed E-state index contributed by atoms with van der Waals surface area (Å²) in [6, 6.07) is 0. The minimum Gasteiger partial charge on any atom is -0.335 e. The molecule has 0 bridgehead atoms. The van der Waals surface area contributed by atoms with Crippen LogP contribution in [0.25, 0.3) is 0 Å². The van der Waals surface area contributed by atoms with Gasteiger partial charge in [0.1, 0.15) is 0 Å². The van der Waals surface area contributed by atoms with Crippen LogP contribution in [0, 0.1) is 5.41 Å². The predicted octanol–water partition coefficient (Wildman–Crippen LogP) is 2.08. The first-order valence-corrected chi connectivity index (χ1v) is 5.66. The number of hydrogen-bond acceptors (Lipinski definition) is 2. The van der Waals surface area contributed by atoms with Crippen molar-refractivity contribution < 1.29 is 0 Å². The lowest BCUT2D eigenvalue weighted by Crippen LogP contribution is -2.15. The molecule has 0 spiro atoms. The number of hydrogen-bond donors (Lipinski definition) is 1. The number of rotatable bonds is 5. The standard InChI is InChI=1S/C12H23N3/c1-12(2,3)8-11-9-14-10-15(11)7-5-6-13-4/h9-10,13H,5-8H2,1-4H3. The Morgan fingerprint density at radius 1 is 1.40 bits per heavy atom. The SMILES string of the molecule is CNCCCn1cncc1CC(C)(C)C. The molecule has 0 aliphatic heterocycles. The quantitative estimate of drug-likeness (QED) is 0.752. The van der Waals surface area contributed by atoms with E-state index in [4.69, 9.17) is 0 Å². The first kappa shape index (κ1) is 12.2. The number of aryl methyl sites for hydroxylation is 1. The highest BCUT2D eigenvalue weighted by Gasteiger charge is 2.13. The molecule has 0 fully saturated rings. The molecule has 1 N–H and O–H groups in total. The fraction of sp³-hybridized carbons (Fsp3) is 0.750. The van der Waals surface area contributed by atoms with Crippen LogP contribution >= 0.6 is 0 Å². The minimum absolute atomic E-state index is 0.334. The van der Waals surface area contributed by atoms with Crippen LogP contribution in [-0.2, 0) is 13.0 Å². The van der Waals surface area contributed by atoms with Crippen molar-refractivity contribution in [2.24, 2.45) is 5.41 Å². The van der Waals surface area contributed by atoms with E-state index in [-0.39, 0.29) is 0 Å². The molecule has 3 heteroatoms. The number of nitrogens with one attached hydrogen (secondary N) is 1. The van der Waals surface area contributed by atoms with Crippen molar-refractivity contribution in [2.45, 2.75) is 40.2 Å². The van der Waals surface area contributed by atoms with E-state index in [0.29, 0.717) is 5.41 Å². The Morgan fingerprint density at radius 2 is 2.13 bits per heavy atom. The third kappa shape index (κ3) is 4.47. The van der Waals surface area contributed by atoms with Crippen molar-refractivity contribution in [1.82, 2.24) is 14.9 Å². The largest absolute Gasteiger partial charge is 0.335 e. The summed E-state index contributed by atoms with van der Waals surface area (Å²) in [5.41, 5.74) is 1.68. The summed E-state index contributed by atoms with van der Waals surface area (Å²) in [7, 11) is 1.99. The molecule has 3 nitrogen and oxygen atoms in total. The van der Waals surface area contributed by atoms with Gasteiger partial charge in [-0.25, -0.2) is 4.98 Å². The average Bonchev–Trinajstić information content (AvgIpc) is 2.50. The van der Waals surface area contributed by atoms with Crippen molar-refractivity contribution in [3.05, 3.63) is 18.2 Å². The van der Waals surface area contributed by atoms with Gasteiger partial charge in [-0.2, -0.15) is 0 Å². The van der Waals surface area contributed by atoms with Crippen LogP contribution in [0.3, 0.4) is 0 Å². The molecule has 0 aromatic carbocycles. The van der Waals surface area contributed by atoms with Crippen LogP contribution in [0.15, 0.2) is 12.5 Å². The first-order chi connectivity index (χ1) is 7.03. The zero-order valence-electron chi connectivity index (χ0n) is 10.4. The molecule has 0 radical (unpaired) electrons. The predicted molar refractivity (Wildman–Crippen MR) is 63.9 cm³/mol. The lowest BCUT2D eigenvalue weighted by atomic mass is 9.91. The highest BCUT2D eigenvalue weighted by atomic mass is 15.0. The molecule has 0 saturated carbocycles. The van der Waals surface area contributed by atoms with E-state index in [0.717, 1.165) is 25.9 Å². The second kappa shape index (κ2) is 5.31. The van der Waals surface area contributed by atoms with Crippen molar-refractivity contribution in [1.29, 1.82) is 0 Å². The monoisotopic (exact) mass is 209 g/mol. The molecule has 1 aromatic rings. The molecule has 0 saturated heterocycles. The highest BCUT2D eigenvalue weighted by Crippen LogP contribution is 2.20. The Hall–Kier alpha value is -0.830. The van der Waals surface area contributed by atoms with Crippen LogP contribution in [-0.4, -0.2) is 23.1 Å². The van der Waals surface area contributed by atoms with Crippen LogP contribution in [0.2, 0.25) is 0 Å². The molecule has 0 amide bonds. The molecule has 1 aromatic heterocycles. The summed E-state index contributed by atoms with van der Waals surface area (Å²) in [5.74, 6) is 0. The fourth-order valence-electron chi connectivity index (χ4n) is 1.67. The normalized spacial score (nSPS) is 12.0. The summed E-state index contributed by atoms with van der Waals surface area (Å²) < 4.78 is 2.27. The third-order valence-electron chi connectivity index (χ3n) is 2.34. The number of nitrogens with zero attached hydrogens (tertiary/aromatic N) is 2. The van der Waals surface area contributed by atoms with Gasteiger partial charge in [-0.15, -0.1) is 0 Å². The summed E-state index contributed by atoms with van der Waals surface area (Å²) in [6.07, 6.45) is 6.18. The smallest absolute Gasteiger partial charge is 0.0948 e. The lowest BCUT2D eigenvalue weighted by Gasteiger charge is -2.19. The van der Waals surface area contributed by atoms with E-state index >= 15 is 0 Å². The minimum atomic E-state index is 0.334. The van der Waals surface area contributed by atoms with Crippen LogP contribution in [0.4, 0.5) is 0 Å². The van der Waals surface area contributed by atoms with E-state index < -0.39 is 0 Å². The van der Waals surface area contributed by atoms with Gasteiger partial charge in [-0.3, -0.25) is 0 Å². The molecular formula is C12H23N3. The maximum atomic E-state index is 4.23. The molecule has 0 aliphatic rings. The Kier molecular flexibility index (Phi) is 4.33. The Morgan fingerprint density at radius 3 is 2.73 bits per heavy atom. The van der Waals surface area contributed by atoms with Crippen LogP contribution in [0.1, 0.15) is 32.9 Å². The molecule has 86 valence electrons. The van der Waals surface area contributed by atoms with Crippen LogP contribution in [0.5, 0.6) is 0 Å². The summed E-state index contributed by atoms with van der Waals surface area (Å²) in [4.78, 5) is 4.23. The van der Waals surface area contributed by atoms with Gasteiger partial charge >= 0.3 is 0 Å². The topological polar surface area (TPSA) is 29.9 Å². The van der Waals surface area contributed by atoms with Gasteiger partial charge < -0.3 is 9.88 Å². The highest BCUT2D eigenvalue weighted by molar-refractivity contribution is 5.01. The Bertz CT molecular complexity index is 283. The summed E-state index contributed by atoms with van der Waals surface area (Å²) in [5, 5.41) is 3.16.